The Morgan fingerprint density at radius 1 is 0.889 bits per heavy atom. The summed E-state index contributed by atoms with van der Waals surface area (Å²) in [5, 5.41) is 11.0. The largest absolute Gasteiger partial charge is 0.143 e. The zero-order chi connectivity index (χ0) is 12.8. The first-order valence-corrected chi connectivity index (χ1v) is 8.19. The molecule has 0 amide bonds. The standard InChI is InChI=1S/C14H18N2S2/c1-3-9-17-13-11-7-5-6-8-12(11)14(16-15-13)18-10-4-2/h3-4H,1-2,5-10H2. The average Bonchev–Trinajstić information content (AvgIpc) is 2.43. The van der Waals surface area contributed by atoms with E-state index in [9.17, 15) is 0 Å². The Labute approximate surface area is 117 Å². The summed E-state index contributed by atoms with van der Waals surface area (Å²) >= 11 is 3.49. The normalized spacial score (nSPS) is 14.0. The fourth-order valence-corrected chi connectivity index (χ4v) is 3.64. The van der Waals surface area contributed by atoms with E-state index in [4.69, 9.17) is 0 Å². The highest BCUT2D eigenvalue weighted by Gasteiger charge is 2.19. The Kier molecular flexibility index (Phi) is 5.32. The van der Waals surface area contributed by atoms with Crippen LogP contribution in [-0.2, 0) is 12.8 Å². The minimum absolute atomic E-state index is 0.903. The van der Waals surface area contributed by atoms with Gasteiger partial charge in [-0.1, -0.05) is 12.2 Å². The van der Waals surface area contributed by atoms with Gasteiger partial charge in [0.2, 0.25) is 0 Å². The van der Waals surface area contributed by atoms with Crippen LogP contribution in [0.3, 0.4) is 0 Å². The second-order valence-electron chi connectivity index (χ2n) is 4.17. The number of thioether (sulfide) groups is 2. The van der Waals surface area contributed by atoms with Crippen molar-refractivity contribution in [3.63, 3.8) is 0 Å². The van der Waals surface area contributed by atoms with Crippen molar-refractivity contribution < 1.29 is 0 Å². The van der Waals surface area contributed by atoms with Crippen LogP contribution in [0.2, 0.25) is 0 Å². The molecule has 1 aliphatic carbocycles. The molecule has 4 heteroatoms. The molecule has 1 aliphatic rings. The SMILES string of the molecule is C=CCSc1nnc(SCC=C)c2c1CCCC2. The summed E-state index contributed by atoms with van der Waals surface area (Å²) in [6.07, 6.45) is 8.67. The van der Waals surface area contributed by atoms with Crippen molar-refractivity contribution in [2.24, 2.45) is 0 Å². The maximum atomic E-state index is 4.39. The molecule has 0 spiro atoms. The average molecular weight is 278 g/mol. The van der Waals surface area contributed by atoms with Crippen LogP contribution in [-0.4, -0.2) is 21.7 Å². The first-order valence-electron chi connectivity index (χ1n) is 6.22. The van der Waals surface area contributed by atoms with Gasteiger partial charge >= 0.3 is 0 Å². The minimum Gasteiger partial charge on any atom is -0.143 e. The van der Waals surface area contributed by atoms with Gasteiger partial charge in [-0.05, 0) is 36.8 Å². The lowest BCUT2D eigenvalue weighted by Crippen LogP contribution is -2.09. The fraction of sp³-hybridized carbons (Fsp3) is 0.429. The molecule has 18 heavy (non-hydrogen) atoms. The van der Waals surface area contributed by atoms with Gasteiger partial charge in [0, 0.05) is 11.5 Å². The Bertz CT molecular complexity index is 403. The van der Waals surface area contributed by atoms with Crippen molar-refractivity contribution in [1.29, 1.82) is 0 Å². The monoisotopic (exact) mass is 278 g/mol. The van der Waals surface area contributed by atoms with E-state index in [2.05, 4.69) is 23.4 Å². The Balaban J connectivity index is 2.29. The zero-order valence-electron chi connectivity index (χ0n) is 10.5. The maximum Gasteiger partial charge on any atom is 0.123 e. The molecule has 0 bridgehead atoms. The van der Waals surface area contributed by atoms with Gasteiger partial charge in [0.25, 0.3) is 0 Å². The molecule has 0 saturated heterocycles. The Morgan fingerprint density at radius 2 is 1.33 bits per heavy atom. The van der Waals surface area contributed by atoms with Gasteiger partial charge in [0.1, 0.15) is 10.1 Å². The molecule has 2 rings (SSSR count). The van der Waals surface area contributed by atoms with E-state index >= 15 is 0 Å². The molecule has 1 aromatic rings. The van der Waals surface area contributed by atoms with Crippen LogP contribution >= 0.6 is 23.5 Å². The summed E-state index contributed by atoms with van der Waals surface area (Å²) in [7, 11) is 0. The summed E-state index contributed by atoms with van der Waals surface area (Å²) in [6, 6.07) is 0. The Morgan fingerprint density at radius 3 is 1.72 bits per heavy atom. The van der Waals surface area contributed by atoms with E-state index in [-0.39, 0.29) is 0 Å². The van der Waals surface area contributed by atoms with Crippen molar-refractivity contribution in [3.05, 3.63) is 36.4 Å². The third-order valence-electron chi connectivity index (χ3n) is 2.89. The predicted octanol–water partition coefficient (Wildman–Crippen LogP) is 3.91. The molecule has 0 unspecified atom stereocenters. The van der Waals surface area contributed by atoms with E-state index in [1.807, 2.05) is 12.2 Å². The van der Waals surface area contributed by atoms with Gasteiger partial charge in [0.05, 0.1) is 0 Å². The van der Waals surface area contributed by atoms with Crippen molar-refractivity contribution in [2.45, 2.75) is 35.7 Å². The Hall–Kier alpha value is -0.740. The van der Waals surface area contributed by atoms with E-state index in [0.717, 1.165) is 34.4 Å². The maximum absolute atomic E-state index is 4.39. The number of rotatable bonds is 6. The van der Waals surface area contributed by atoms with Crippen LogP contribution in [0, 0.1) is 0 Å². The molecule has 0 aromatic carbocycles. The van der Waals surface area contributed by atoms with Crippen LogP contribution in [0.15, 0.2) is 35.4 Å². The first kappa shape index (κ1) is 13.7. The molecular formula is C14H18N2S2. The lowest BCUT2D eigenvalue weighted by Gasteiger charge is -2.19. The molecule has 0 N–H and O–H groups in total. The van der Waals surface area contributed by atoms with E-state index < -0.39 is 0 Å². The third kappa shape index (κ3) is 3.18. The van der Waals surface area contributed by atoms with E-state index in [1.54, 1.807) is 23.5 Å². The highest BCUT2D eigenvalue weighted by molar-refractivity contribution is 7.99. The number of nitrogens with zero attached hydrogens (tertiary/aromatic N) is 2. The molecule has 1 heterocycles. The second-order valence-corrected chi connectivity index (χ2v) is 6.19. The first-order chi connectivity index (χ1) is 8.86. The molecule has 2 nitrogen and oxygen atoms in total. The lowest BCUT2D eigenvalue weighted by atomic mass is 9.94. The summed E-state index contributed by atoms with van der Waals surface area (Å²) < 4.78 is 0. The molecule has 0 atom stereocenters. The zero-order valence-corrected chi connectivity index (χ0v) is 12.2. The number of aromatic nitrogens is 2. The number of fused-ring (bicyclic) bond motifs is 1. The lowest BCUT2D eigenvalue weighted by molar-refractivity contribution is 0.630. The van der Waals surface area contributed by atoms with Crippen molar-refractivity contribution in [2.75, 3.05) is 11.5 Å². The highest BCUT2D eigenvalue weighted by atomic mass is 32.2. The molecule has 0 saturated carbocycles. The summed E-state index contributed by atoms with van der Waals surface area (Å²) in [4.78, 5) is 0. The van der Waals surface area contributed by atoms with Crippen LogP contribution in [0.25, 0.3) is 0 Å². The van der Waals surface area contributed by atoms with Crippen LogP contribution in [0.5, 0.6) is 0 Å². The van der Waals surface area contributed by atoms with Crippen LogP contribution in [0.4, 0.5) is 0 Å². The topological polar surface area (TPSA) is 25.8 Å². The third-order valence-corrected chi connectivity index (χ3v) is 4.90. The summed E-state index contributed by atoms with van der Waals surface area (Å²) in [5.41, 5.74) is 2.85. The van der Waals surface area contributed by atoms with E-state index in [1.165, 1.54) is 24.0 Å². The molecule has 0 aliphatic heterocycles. The highest BCUT2D eigenvalue weighted by Crippen LogP contribution is 2.34. The molecule has 0 radical (unpaired) electrons. The molecule has 1 aromatic heterocycles. The molecule has 96 valence electrons. The van der Waals surface area contributed by atoms with Crippen molar-refractivity contribution in [3.8, 4) is 0 Å². The smallest absolute Gasteiger partial charge is 0.123 e. The quantitative estimate of drug-likeness (QED) is 0.582. The van der Waals surface area contributed by atoms with Crippen LogP contribution in [0.1, 0.15) is 24.0 Å². The fourth-order valence-electron chi connectivity index (χ4n) is 2.10. The number of hydrogen-bond acceptors (Lipinski definition) is 4. The predicted molar refractivity (Wildman–Crippen MR) is 80.5 cm³/mol. The van der Waals surface area contributed by atoms with Gasteiger partial charge < -0.3 is 0 Å². The van der Waals surface area contributed by atoms with Crippen LogP contribution < -0.4 is 0 Å². The van der Waals surface area contributed by atoms with Gasteiger partial charge in [-0.2, -0.15) is 0 Å². The second kappa shape index (κ2) is 7.00. The van der Waals surface area contributed by atoms with Gasteiger partial charge in [-0.15, -0.1) is 46.9 Å². The van der Waals surface area contributed by atoms with Gasteiger partial charge in [-0.25, -0.2) is 0 Å². The summed E-state index contributed by atoms with van der Waals surface area (Å²) in [5.74, 6) is 1.81. The van der Waals surface area contributed by atoms with Gasteiger partial charge in [-0.3, -0.25) is 0 Å². The summed E-state index contributed by atoms with van der Waals surface area (Å²) in [6.45, 7) is 7.52. The molecular weight excluding hydrogens is 260 g/mol. The molecule has 0 fully saturated rings. The van der Waals surface area contributed by atoms with Gasteiger partial charge in [0.15, 0.2) is 0 Å². The van der Waals surface area contributed by atoms with Crippen molar-refractivity contribution >= 4 is 23.5 Å². The number of hydrogen-bond donors (Lipinski definition) is 0. The van der Waals surface area contributed by atoms with Crippen molar-refractivity contribution in [1.82, 2.24) is 10.2 Å². The van der Waals surface area contributed by atoms with E-state index in [0.29, 0.717) is 0 Å². The minimum atomic E-state index is 0.903.